The van der Waals surface area contributed by atoms with Crippen molar-refractivity contribution in [3.05, 3.63) is 65.4 Å². The Morgan fingerprint density at radius 3 is 2.72 bits per heavy atom. The standard InChI is InChI=1S/C18H15ClFN3O2/c1-11(24)23-16-8-14(6-7-15(16)20)21-10-18-22-9-17(25-18)12-2-4-13(19)5-3-12/h2-9,21H,10H2,1H3,(H,23,24). The minimum absolute atomic E-state index is 0.117. The smallest absolute Gasteiger partial charge is 0.221 e. The fourth-order valence-corrected chi connectivity index (χ4v) is 2.36. The van der Waals surface area contributed by atoms with E-state index >= 15 is 0 Å². The summed E-state index contributed by atoms with van der Waals surface area (Å²) < 4.78 is 19.3. The second-order valence-corrected chi connectivity index (χ2v) is 5.79. The van der Waals surface area contributed by atoms with E-state index in [0.717, 1.165) is 5.56 Å². The van der Waals surface area contributed by atoms with E-state index in [2.05, 4.69) is 15.6 Å². The van der Waals surface area contributed by atoms with Crippen LogP contribution in [0.15, 0.2) is 53.1 Å². The van der Waals surface area contributed by atoms with E-state index in [1.165, 1.54) is 19.1 Å². The molecule has 0 atom stereocenters. The van der Waals surface area contributed by atoms with E-state index in [9.17, 15) is 9.18 Å². The monoisotopic (exact) mass is 359 g/mol. The molecule has 0 radical (unpaired) electrons. The minimum atomic E-state index is -0.498. The third kappa shape index (κ3) is 4.36. The van der Waals surface area contributed by atoms with Crippen LogP contribution in [0, 0.1) is 5.82 Å². The molecule has 0 fully saturated rings. The Kier molecular flexibility index (Phi) is 5.00. The highest BCUT2D eigenvalue weighted by molar-refractivity contribution is 6.30. The molecule has 25 heavy (non-hydrogen) atoms. The van der Waals surface area contributed by atoms with Gasteiger partial charge in [-0.25, -0.2) is 9.37 Å². The number of rotatable bonds is 5. The van der Waals surface area contributed by atoms with Crippen LogP contribution in [-0.4, -0.2) is 10.9 Å². The molecule has 1 amide bonds. The van der Waals surface area contributed by atoms with Crippen molar-refractivity contribution in [3.63, 3.8) is 0 Å². The number of aromatic nitrogens is 1. The number of benzene rings is 2. The molecule has 1 aromatic heterocycles. The quantitative estimate of drug-likeness (QED) is 0.692. The molecule has 3 aromatic rings. The zero-order valence-electron chi connectivity index (χ0n) is 13.3. The number of nitrogens with zero attached hydrogens (tertiary/aromatic N) is 1. The molecule has 0 aliphatic carbocycles. The second kappa shape index (κ2) is 7.36. The lowest BCUT2D eigenvalue weighted by Crippen LogP contribution is -2.08. The Morgan fingerprint density at radius 2 is 2.00 bits per heavy atom. The van der Waals surface area contributed by atoms with Crippen molar-refractivity contribution in [2.75, 3.05) is 10.6 Å². The van der Waals surface area contributed by atoms with Crippen LogP contribution in [0.3, 0.4) is 0 Å². The van der Waals surface area contributed by atoms with Crippen LogP contribution < -0.4 is 10.6 Å². The summed E-state index contributed by atoms with van der Waals surface area (Å²) in [6.07, 6.45) is 1.63. The molecule has 0 aliphatic heterocycles. The molecule has 3 rings (SSSR count). The normalized spacial score (nSPS) is 10.5. The Hall–Kier alpha value is -2.86. The van der Waals surface area contributed by atoms with E-state index in [-0.39, 0.29) is 11.6 Å². The van der Waals surface area contributed by atoms with E-state index in [4.69, 9.17) is 16.0 Å². The van der Waals surface area contributed by atoms with Crippen LogP contribution in [0.5, 0.6) is 0 Å². The summed E-state index contributed by atoms with van der Waals surface area (Å²) in [5, 5.41) is 6.17. The molecular weight excluding hydrogens is 345 g/mol. The zero-order valence-corrected chi connectivity index (χ0v) is 14.1. The molecule has 5 nitrogen and oxygen atoms in total. The molecule has 0 spiro atoms. The third-order valence-electron chi connectivity index (χ3n) is 3.40. The van der Waals surface area contributed by atoms with Gasteiger partial charge in [0.2, 0.25) is 11.8 Å². The zero-order chi connectivity index (χ0) is 17.8. The Labute approximate surface area is 148 Å². The van der Waals surface area contributed by atoms with Crippen molar-refractivity contribution in [2.24, 2.45) is 0 Å². The van der Waals surface area contributed by atoms with Gasteiger partial charge >= 0.3 is 0 Å². The van der Waals surface area contributed by atoms with Gasteiger partial charge in [0.05, 0.1) is 18.4 Å². The maximum absolute atomic E-state index is 13.6. The highest BCUT2D eigenvalue weighted by Crippen LogP contribution is 2.23. The molecule has 0 saturated heterocycles. The molecule has 1 heterocycles. The first-order valence-corrected chi connectivity index (χ1v) is 7.91. The number of oxazole rings is 1. The average Bonchev–Trinajstić information content (AvgIpc) is 3.05. The highest BCUT2D eigenvalue weighted by Gasteiger charge is 2.08. The maximum atomic E-state index is 13.6. The van der Waals surface area contributed by atoms with Crippen LogP contribution in [-0.2, 0) is 11.3 Å². The van der Waals surface area contributed by atoms with Gasteiger partial charge in [-0.1, -0.05) is 11.6 Å². The van der Waals surface area contributed by atoms with E-state index in [0.29, 0.717) is 28.9 Å². The largest absolute Gasteiger partial charge is 0.439 e. The summed E-state index contributed by atoms with van der Waals surface area (Å²) in [5.41, 5.74) is 1.63. The Bertz CT molecular complexity index is 894. The molecular formula is C18H15ClFN3O2. The van der Waals surface area contributed by atoms with Crippen molar-refractivity contribution in [1.29, 1.82) is 0 Å². The van der Waals surface area contributed by atoms with Gasteiger partial charge in [-0.2, -0.15) is 0 Å². The highest BCUT2D eigenvalue weighted by atomic mass is 35.5. The van der Waals surface area contributed by atoms with Crippen molar-refractivity contribution in [3.8, 4) is 11.3 Å². The summed E-state index contributed by atoms with van der Waals surface area (Å²) in [6.45, 7) is 1.64. The molecule has 2 aromatic carbocycles. The van der Waals surface area contributed by atoms with Gasteiger partial charge in [-0.15, -0.1) is 0 Å². The van der Waals surface area contributed by atoms with Crippen LogP contribution in [0.25, 0.3) is 11.3 Å². The molecule has 0 unspecified atom stereocenters. The number of hydrogen-bond acceptors (Lipinski definition) is 4. The van der Waals surface area contributed by atoms with Crippen molar-refractivity contribution < 1.29 is 13.6 Å². The number of anilines is 2. The second-order valence-electron chi connectivity index (χ2n) is 5.35. The van der Waals surface area contributed by atoms with Crippen molar-refractivity contribution in [2.45, 2.75) is 13.5 Å². The lowest BCUT2D eigenvalue weighted by molar-refractivity contribution is -0.114. The van der Waals surface area contributed by atoms with E-state index in [1.54, 1.807) is 24.4 Å². The number of halogens is 2. The van der Waals surface area contributed by atoms with Crippen LogP contribution >= 0.6 is 11.6 Å². The molecule has 0 aliphatic rings. The number of nitrogens with one attached hydrogen (secondary N) is 2. The number of hydrogen-bond donors (Lipinski definition) is 2. The third-order valence-corrected chi connectivity index (χ3v) is 3.66. The lowest BCUT2D eigenvalue weighted by atomic mass is 10.2. The summed E-state index contributed by atoms with van der Waals surface area (Å²) in [7, 11) is 0. The summed E-state index contributed by atoms with van der Waals surface area (Å²) in [5.74, 6) is 0.278. The van der Waals surface area contributed by atoms with Gasteiger partial charge in [0, 0.05) is 23.2 Å². The van der Waals surface area contributed by atoms with Gasteiger partial charge in [-0.05, 0) is 42.5 Å². The summed E-state index contributed by atoms with van der Waals surface area (Å²) >= 11 is 5.87. The number of amides is 1. The molecule has 0 saturated carbocycles. The number of carbonyl (C=O) groups excluding carboxylic acids is 1. The van der Waals surface area contributed by atoms with Crippen LogP contribution in [0.1, 0.15) is 12.8 Å². The van der Waals surface area contributed by atoms with Gasteiger partial charge in [-0.3, -0.25) is 4.79 Å². The van der Waals surface area contributed by atoms with Crippen LogP contribution in [0.4, 0.5) is 15.8 Å². The van der Waals surface area contributed by atoms with Gasteiger partial charge in [0.15, 0.2) is 5.76 Å². The Balaban J connectivity index is 1.68. The van der Waals surface area contributed by atoms with Crippen molar-refractivity contribution >= 4 is 28.9 Å². The fourth-order valence-electron chi connectivity index (χ4n) is 2.24. The number of carbonyl (C=O) groups is 1. The minimum Gasteiger partial charge on any atom is -0.439 e. The first kappa shape index (κ1) is 17.0. The predicted molar refractivity (Wildman–Crippen MR) is 95.0 cm³/mol. The topological polar surface area (TPSA) is 67.2 Å². The van der Waals surface area contributed by atoms with Gasteiger partial charge in [0.1, 0.15) is 5.82 Å². The summed E-state index contributed by atoms with van der Waals surface area (Å²) in [4.78, 5) is 15.3. The van der Waals surface area contributed by atoms with E-state index in [1.807, 2.05) is 12.1 Å². The SMILES string of the molecule is CC(=O)Nc1cc(NCc2ncc(-c3ccc(Cl)cc3)o2)ccc1F. The van der Waals surface area contributed by atoms with E-state index < -0.39 is 5.82 Å². The summed E-state index contributed by atoms with van der Waals surface area (Å²) in [6, 6.07) is 11.6. The van der Waals surface area contributed by atoms with Crippen LogP contribution in [0.2, 0.25) is 5.02 Å². The average molecular weight is 360 g/mol. The Morgan fingerprint density at radius 1 is 1.24 bits per heavy atom. The molecule has 2 N–H and O–H groups in total. The predicted octanol–water partition coefficient (Wildman–Crippen LogP) is 4.70. The lowest BCUT2D eigenvalue weighted by Gasteiger charge is -2.08. The molecule has 0 bridgehead atoms. The van der Waals surface area contributed by atoms with Gasteiger partial charge in [0.25, 0.3) is 0 Å². The first-order chi connectivity index (χ1) is 12.0. The fraction of sp³-hybridized carbons (Fsp3) is 0.111. The molecule has 128 valence electrons. The maximum Gasteiger partial charge on any atom is 0.221 e. The van der Waals surface area contributed by atoms with Crippen molar-refractivity contribution in [1.82, 2.24) is 4.98 Å². The molecule has 7 heteroatoms. The van der Waals surface area contributed by atoms with Gasteiger partial charge < -0.3 is 15.1 Å². The first-order valence-electron chi connectivity index (χ1n) is 7.53.